The number of esters is 1. The van der Waals surface area contributed by atoms with E-state index in [1.165, 1.54) is 6.08 Å². The van der Waals surface area contributed by atoms with E-state index in [1.807, 2.05) is 48.5 Å². The fraction of sp³-hybridized carbons (Fsp3) is 0.158. The third-order valence-electron chi connectivity index (χ3n) is 3.22. The number of para-hydroxylation sites is 1. The number of hydrogen-bond acceptors (Lipinski definition) is 4. The number of nitrogens with one attached hydrogen (secondary N) is 1. The molecule has 0 radical (unpaired) electrons. The summed E-state index contributed by atoms with van der Waals surface area (Å²) in [6.07, 6.45) is 2.85. The van der Waals surface area contributed by atoms with Crippen molar-refractivity contribution in [1.29, 1.82) is 0 Å². The lowest BCUT2D eigenvalue weighted by atomic mass is 10.2. The van der Waals surface area contributed by atoms with Gasteiger partial charge in [0.05, 0.1) is 7.11 Å². The number of methoxy groups -OCH3 is 1. The Morgan fingerprint density at radius 3 is 2.50 bits per heavy atom. The molecule has 0 spiro atoms. The third kappa shape index (κ3) is 5.61. The second-order valence-corrected chi connectivity index (χ2v) is 4.95. The number of rotatable bonds is 7. The summed E-state index contributed by atoms with van der Waals surface area (Å²) >= 11 is 0. The van der Waals surface area contributed by atoms with Crippen LogP contribution in [0.2, 0.25) is 0 Å². The van der Waals surface area contributed by atoms with E-state index < -0.39 is 5.97 Å². The number of hydrogen-bond donors (Lipinski definition) is 1. The van der Waals surface area contributed by atoms with Gasteiger partial charge >= 0.3 is 5.97 Å². The highest BCUT2D eigenvalue weighted by molar-refractivity contribution is 5.89. The summed E-state index contributed by atoms with van der Waals surface area (Å²) in [4.78, 5) is 23.3. The van der Waals surface area contributed by atoms with Crippen LogP contribution in [0.25, 0.3) is 6.08 Å². The average Bonchev–Trinajstić information content (AvgIpc) is 2.64. The maximum absolute atomic E-state index is 11.7. The van der Waals surface area contributed by atoms with Crippen LogP contribution in [0, 0.1) is 0 Å². The maximum Gasteiger partial charge on any atom is 0.331 e. The molecule has 5 heteroatoms. The Kier molecular flexibility index (Phi) is 6.58. The Balaban J connectivity index is 1.76. The van der Waals surface area contributed by atoms with Gasteiger partial charge in [0.15, 0.2) is 6.61 Å². The Bertz CT molecular complexity index is 710. The summed E-state index contributed by atoms with van der Waals surface area (Å²) in [5, 5.41) is 2.69. The van der Waals surface area contributed by atoms with Crippen molar-refractivity contribution in [2.24, 2.45) is 0 Å². The van der Waals surface area contributed by atoms with Gasteiger partial charge in [0, 0.05) is 18.2 Å². The van der Waals surface area contributed by atoms with E-state index in [0.29, 0.717) is 12.3 Å². The molecule has 0 aliphatic carbocycles. The first-order valence-corrected chi connectivity index (χ1v) is 7.47. The molecule has 2 rings (SSSR count). The molecule has 0 aromatic heterocycles. The number of ether oxygens (including phenoxy) is 2. The van der Waals surface area contributed by atoms with Crippen molar-refractivity contribution >= 4 is 18.0 Å². The zero-order chi connectivity index (χ0) is 17.2. The van der Waals surface area contributed by atoms with E-state index in [0.717, 1.165) is 11.1 Å². The van der Waals surface area contributed by atoms with Gasteiger partial charge in [0.25, 0.3) is 5.91 Å². The molecule has 1 amide bonds. The van der Waals surface area contributed by atoms with Gasteiger partial charge in [-0.15, -0.1) is 0 Å². The minimum atomic E-state index is -0.587. The summed E-state index contributed by atoms with van der Waals surface area (Å²) in [6, 6.07) is 16.8. The molecule has 0 saturated carbocycles. The summed E-state index contributed by atoms with van der Waals surface area (Å²) in [6.45, 7) is 0.0796. The van der Waals surface area contributed by atoms with Crippen molar-refractivity contribution in [2.75, 3.05) is 13.7 Å². The molecule has 2 aromatic rings. The van der Waals surface area contributed by atoms with Crippen LogP contribution in [0.4, 0.5) is 0 Å². The first kappa shape index (κ1) is 17.3. The quantitative estimate of drug-likeness (QED) is 0.628. The molecule has 0 bridgehead atoms. The molecule has 124 valence electrons. The highest BCUT2D eigenvalue weighted by Gasteiger charge is 2.05. The van der Waals surface area contributed by atoms with Crippen LogP contribution in [-0.4, -0.2) is 25.6 Å². The normalized spacial score (nSPS) is 10.4. The molecule has 0 saturated heterocycles. The molecule has 0 aliphatic rings. The Morgan fingerprint density at radius 1 is 1.04 bits per heavy atom. The summed E-state index contributed by atoms with van der Waals surface area (Å²) in [7, 11) is 1.56. The van der Waals surface area contributed by atoms with E-state index in [-0.39, 0.29) is 12.5 Å². The fourth-order valence-corrected chi connectivity index (χ4v) is 1.99. The molecule has 0 atom stereocenters. The lowest BCUT2D eigenvalue weighted by molar-refractivity contribution is -0.143. The molecule has 1 N–H and O–H groups in total. The predicted octanol–water partition coefficient (Wildman–Crippen LogP) is 2.57. The molecule has 5 nitrogen and oxygen atoms in total. The molecule has 2 aromatic carbocycles. The van der Waals surface area contributed by atoms with Gasteiger partial charge in [-0.25, -0.2) is 4.79 Å². The Labute approximate surface area is 140 Å². The minimum absolute atomic E-state index is 0.318. The van der Waals surface area contributed by atoms with Crippen LogP contribution in [0.3, 0.4) is 0 Å². The second-order valence-electron chi connectivity index (χ2n) is 4.95. The topological polar surface area (TPSA) is 64.6 Å². The highest BCUT2D eigenvalue weighted by Crippen LogP contribution is 2.18. The van der Waals surface area contributed by atoms with Gasteiger partial charge in [-0.2, -0.15) is 0 Å². The maximum atomic E-state index is 11.7. The van der Waals surface area contributed by atoms with E-state index in [1.54, 1.807) is 19.3 Å². The zero-order valence-corrected chi connectivity index (χ0v) is 13.4. The Morgan fingerprint density at radius 2 is 1.75 bits per heavy atom. The summed E-state index contributed by atoms with van der Waals surface area (Å²) in [5.74, 6) is -0.282. The van der Waals surface area contributed by atoms with Crippen molar-refractivity contribution in [3.63, 3.8) is 0 Å². The van der Waals surface area contributed by atoms with Gasteiger partial charge in [0.1, 0.15) is 5.75 Å². The van der Waals surface area contributed by atoms with Crippen molar-refractivity contribution in [1.82, 2.24) is 5.32 Å². The highest BCUT2D eigenvalue weighted by atomic mass is 16.5. The monoisotopic (exact) mass is 325 g/mol. The van der Waals surface area contributed by atoms with Crippen LogP contribution < -0.4 is 10.1 Å². The largest absolute Gasteiger partial charge is 0.496 e. The minimum Gasteiger partial charge on any atom is -0.496 e. The second kappa shape index (κ2) is 9.15. The average molecular weight is 325 g/mol. The van der Waals surface area contributed by atoms with Crippen LogP contribution in [0.15, 0.2) is 60.7 Å². The van der Waals surface area contributed by atoms with Gasteiger partial charge in [-0.1, -0.05) is 48.5 Å². The summed E-state index contributed by atoms with van der Waals surface area (Å²) in [5.41, 5.74) is 1.73. The van der Waals surface area contributed by atoms with E-state index >= 15 is 0 Å². The van der Waals surface area contributed by atoms with Crippen LogP contribution >= 0.6 is 0 Å². The van der Waals surface area contributed by atoms with Crippen molar-refractivity contribution in [3.05, 3.63) is 71.8 Å². The number of carbonyl (C=O) groups is 2. The smallest absolute Gasteiger partial charge is 0.331 e. The molecule has 0 unspecified atom stereocenters. The summed E-state index contributed by atoms with van der Waals surface area (Å²) < 4.78 is 10.1. The first-order valence-electron chi connectivity index (χ1n) is 7.47. The van der Waals surface area contributed by atoms with Crippen LogP contribution in [0.5, 0.6) is 5.75 Å². The van der Waals surface area contributed by atoms with Crippen molar-refractivity contribution < 1.29 is 19.1 Å². The molecular formula is C19H19NO4. The van der Waals surface area contributed by atoms with E-state index in [2.05, 4.69) is 5.32 Å². The molecule has 24 heavy (non-hydrogen) atoms. The van der Waals surface area contributed by atoms with Gasteiger partial charge in [-0.05, 0) is 17.7 Å². The number of benzene rings is 2. The molecule has 0 aliphatic heterocycles. The predicted molar refractivity (Wildman–Crippen MR) is 91.3 cm³/mol. The SMILES string of the molecule is COc1ccccc1/C=C/C(=O)OCC(=O)NCc1ccccc1. The molecule has 0 heterocycles. The third-order valence-corrected chi connectivity index (χ3v) is 3.22. The van der Waals surface area contributed by atoms with E-state index in [4.69, 9.17) is 9.47 Å². The van der Waals surface area contributed by atoms with E-state index in [9.17, 15) is 9.59 Å². The molecular weight excluding hydrogens is 306 g/mol. The van der Waals surface area contributed by atoms with Crippen molar-refractivity contribution in [2.45, 2.75) is 6.54 Å². The van der Waals surface area contributed by atoms with Crippen LogP contribution in [0.1, 0.15) is 11.1 Å². The molecule has 0 fully saturated rings. The zero-order valence-electron chi connectivity index (χ0n) is 13.4. The standard InChI is InChI=1S/C19H19NO4/c1-23-17-10-6-5-9-16(17)11-12-19(22)24-14-18(21)20-13-15-7-3-2-4-8-15/h2-12H,13-14H2,1H3,(H,20,21)/b12-11+. The van der Waals surface area contributed by atoms with Gasteiger partial charge in [-0.3, -0.25) is 4.79 Å². The first-order chi connectivity index (χ1) is 11.7. The lowest BCUT2D eigenvalue weighted by Gasteiger charge is -2.06. The number of amides is 1. The van der Waals surface area contributed by atoms with Crippen molar-refractivity contribution in [3.8, 4) is 5.75 Å². The Hall–Kier alpha value is -3.08. The number of carbonyl (C=O) groups excluding carboxylic acids is 2. The van der Waals surface area contributed by atoms with Crippen LogP contribution in [-0.2, 0) is 20.9 Å². The van der Waals surface area contributed by atoms with Gasteiger partial charge in [0.2, 0.25) is 0 Å². The van der Waals surface area contributed by atoms with Gasteiger partial charge < -0.3 is 14.8 Å². The lowest BCUT2D eigenvalue weighted by Crippen LogP contribution is -2.28. The fourth-order valence-electron chi connectivity index (χ4n) is 1.99.